The first kappa shape index (κ1) is 12.3. The Labute approximate surface area is 112 Å². The van der Waals surface area contributed by atoms with Crippen LogP contribution in [-0.4, -0.2) is 26.7 Å². The highest BCUT2D eigenvalue weighted by Crippen LogP contribution is 2.37. The summed E-state index contributed by atoms with van der Waals surface area (Å²) >= 11 is 0. The summed E-state index contributed by atoms with van der Waals surface area (Å²) in [6.07, 6.45) is 2.37. The minimum atomic E-state index is 0.155. The van der Waals surface area contributed by atoms with Gasteiger partial charge in [-0.2, -0.15) is 5.21 Å². The molecule has 1 aliphatic carbocycles. The Kier molecular flexibility index (Phi) is 3.29. The van der Waals surface area contributed by atoms with E-state index in [2.05, 4.69) is 64.1 Å². The number of nitrogens with one attached hydrogen (secondary N) is 2. The number of aromatic amines is 1. The summed E-state index contributed by atoms with van der Waals surface area (Å²) in [6, 6.07) is 9.59. The van der Waals surface area contributed by atoms with Gasteiger partial charge in [0.1, 0.15) is 0 Å². The molecule has 0 spiro atoms. The Morgan fingerprint density at radius 1 is 1.26 bits per heavy atom. The smallest absolute Gasteiger partial charge is 0.191 e. The molecule has 1 fully saturated rings. The van der Waals surface area contributed by atoms with Gasteiger partial charge in [0.25, 0.3) is 0 Å². The second-order valence-corrected chi connectivity index (χ2v) is 5.43. The minimum Gasteiger partial charge on any atom is -0.305 e. The van der Waals surface area contributed by atoms with E-state index in [1.807, 2.05) is 0 Å². The first-order valence-corrected chi connectivity index (χ1v) is 6.78. The Morgan fingerprint density at radius 3 is 2.63 bits per heavy atom. The van der Waals surface area contributed by atoms with Crippen molar-refractivity contribution in [3.05, 3.63) is 41.2 Å². The van der Waals surface area contributed by atoms with Gasteiger partial charge < -0.3 is 5.32 Å². The lowest BCUT2D eigenvalue weighted by molar-refractivity contribution is 0.267. The van der Waals surface area contributed by atoms with Crippen LogP contribution in [-0.2, 0) is 0 Å². The van der Waals surface area contributed by atoms with Gasteiger partial charge in [-0.25, -0.2) is 0 Å². The summed E-state index contributed by atoms with van der Waals surface area (Å²) in [6.45, 7) is 4.20. The van der Waals surface area contributed by atoms with Crippen LogP contribution in [0.4, 0.5) is 0 Å². The number of nitrogens with zero attached hydrogens (tertiary/aromatic N) is 3. The van der Waals surface area contributed by atoms with Crippen LogP contribution in [0.5, 0.6) is 0 Å². The highest BCUT2D eigenvalue weighted by molar-refractivity contribution is 5.26. The second-order valence-electron chi connectivity index (χ2n) is 5.43. The van der Waals surface area contributed by atoms with Crippen LogP contribution in [0.15, 0.2) is 24.3 Å². The molecule has 1 saturated carbocycles. The highest BCUT2D eigenvalue weighted by atomic mass is 15.5. The van der Waals surface area contributed by atoms with E-state index in [1.54, 1.807) is 0 Å². The Morgan fingerprint density at radius 2 is 2.00 bits per heavy atom. The predicted molar refractivity (Wildman–Crippen MR) is 72.7 cm³/mol. The molecule has 2 N–H and O–H groups in total. The van der Waals surface area contributed by atoms with Crippen molar-refractivity contribution in [1.29, 1.82) is 0 Å². The Bertz CT molecular complexity index is 513. The van der Waals surface area contributed by atoms with Gasteiger partial charge in [0, 0.05) is 6.04 Å². The molecule has 2 aromatic rings. The predicted octanol–water partition coefficient (Wildman–Crippen LogP) is 2.10. The summed E-state index contributed by atoms with van der Waals surface area (Å²) in [5, 5.41) is 17.6. The summed E-state index contributed by atoms with van der Waals surface area (Å²) in [7, 11) is 0. The maximum absolute atomic E-state index is 4.00. The maximum atomic E-state index is 4.00. The van der Waals surface area contributed by atoms with Crippen molar-refractivity contribution in [2.24, 2.45) is 0 Å². The van der Waals surface area contributed by atoms with E-state index < -0.39 is 0 Å². The quantitative estimate of drug-likeness (QED) is 0.880. The molecule has 1 heterocycles. The van der Waals surface area contributed by atoms with Crippen LogP contribution in [0.3, 0.4) is 0 Å². The third-order valence-corrected chi connectivity index (χ3v) is 3.92. The maximum Gasteiger partial charge on any atom is 0.191 e. The van der Waals surface area contributed by atoms with Gasteiger partial charge in [-0.05, 0) is 38.2 Å². The Hall–Kier alpha value is -1.75. The third kappa shape index (κ3) is 2.66. The van der Waals surface area contributed by atoms with Crippen molar-refractivity contribution in [2.45, 2.75) is 44.7 Å². The van der Waals surface area contributed by atoms with Gasteiger partial charge in [0.2, 0.25) is 0 Å². The fourth-order valence-electron chi connectivity index (χ4n) is 2.65. The zero-order valence-corrected chi connectivity index (χ0v) is 11.3. The SMILES string of the molecule is Cc1ccc(C2CC(NC(C)c3nn[nH]n3)C2)cc1. The van der Waals surface area contributed by atoms with Crippen LogP contribution >= 0.6 is 0 Å². The van der Waals surface area contributed by atoms with Gasteiger partial charge in [-0.15, -0.1) is 10.2 Å². The lowest BCUT2D eigenvalue weighted by Crippen LogP contribution is -2.41. The van der Waals surface area contributed by atoms with E-state index >= 15 is 0 Å². The molecule has 0 bridgehead atoms. The summed E-state index contributed by atoms with van der Waals surface area (Å²) in [5.74, 6) is 1.43. The van der Waals surface area contributed by atoms with E-state index in [0.29, 0.717) is 12.0 Å². The zero-order chi connectivity index (χ0) is 13.2. The van der Waals surface area contributed by atoms with E-state index in [1.165, 1.54) is 24.0 Å². The normalized spacial score (nSPS) is 23.9. The van der Waals surface area contributed by atoms with Crippen LogP contribution in [0.1, 0.15) is 48.7 Å². The molecule has 3 rings (SSSR count). The molecule has 5 heteroatoms. The van der Waals surface area contributed by atoms with Crippen LogP contribution in [0.2, 0.25) is 0 Å². The number of aromatic nitrogens is 4. The zero-order valence-electron chi connectivity index (χ0n) is 11.3. The molecule has 0 amide bonds. The van der Waals surface area contributed by atoms with Crippen LogP contribution in [0, 0.1) is 6.92 Å². The molecular formula is C14H19N5. The van der Waals surface area contributed by atoms with Crippen molar-refractivity contribution in [1.82, 2.24) is 25.9 Å². The summed E-state index contributed by atoms with van der Waals surface area (Å²) in [5.41, 5.74) is 2.78. The fourth-order valence-corrected chi connectivity index (χ4v) is 2.65. The summed E-state index contributed by atoms with van der Waals surface area (Å²) in [4.78, 5) is 0. The molecule has 0 radical (unpaired) electrons. The molecule has 1 aromatic heterocycles. The molecule has 1 unspecified atom stereocenters. The Balaban J connectivity index is 1.51. The molecule has 1 atom stereocenters. The van der Waals surface area contributed by atoms with E-state index in [9.17, 15) is 0 Å². The number of aryl methyl sites for hydroxylation is 1. The largest absolute Gasteiger partial charge is 0.305 e. The molecule has 19 heavy (non-hydrogen) atoms. The number of hydrogen-bond acceptors (Lipinski definition) is 4. The highest BCUT2D eigenvalue weighted by Gasteiger charge is 2.31. The standard InChI is InChI=1S/C14H19N5/c1-9-3-5-11(6-4-9)12-7-13(8-12)15-10(2)14-16-18-19-17-14/h3-6,10,12-13,15H,7-8H2,1-2H3,(H,16,17,18,19). The minimum absolute atomic E-state index is 0.155. The molecule has 1 aliphatic rings. The number of benzene rings is 1. The van der Waals surface area contributed by atoms with Crippen molar-refractivity contribution in [2.75, 3.05) is 0 Å². The van der Waals surface area contributed by atoms with Crippen LogP contribution in [0.25, 0.3) is 0 Å². The van der Waals surface area contributed by atoms with E-state index in [-0.39, 0.29) is 6.04 Å². The lowest BCUT2D eigenvalue weighted by atomic mass is 9.75. The third-order valence-electron chi connectivity index (χ3n) is 3.92. The fraction of sp³-hybridized carbons (Fsp3) is 0.500. The number of H-pyrrole nitrogens is 1. The first-order valence-electron chi connectivity index (χ1n) is 6.78. The molecule has 100 valence electrons. The average molecular weight is 257 g/mol. The molecular weight excluding hydrogens is 238 g/mol. The molecule has 0 saturated heterocycles. The van der Waals surface area contributed by atoms with Gasteiger partial charge >= 0.3 is 0 Å². The van der Waals surface area contributed by atoms with Gasteiger partial charge in [0.15, 0.2) is 5.82 Å². The van der Waals surface area contributed by atoms with E-state index in [0.717, 1.165) is 5.82 Å². The monoisotopic (exact) mass is 257 g/mol. The van der Waals surface area contributed by atoms with Crippen molar-refractivity contribution >= 4 is 0 Å². The van der Waals surface area contributed by atoms with Crippen molar-refractivity contribution in [3.8, 4) is 0 Å². The first-order chi connectivity index (χ1) is 9.22. The molecule has 0 aliphatic heterocycles. The van der Waals surface area contributed by atoms with Crippen molar-refractivity contribution < 1.29 is 0 Å². The van der Waals surface area contributed by atoms with Gasteiger partial charge in [0.05, 0.1) is 6.04 Å². The molecule has 1 aromatic carbocycles. The lowest BCUT2D eigenvalue weighted by Gasteiger charge is -2.37. The van der Waals surface area contributed by atoms with Gasteiger partial charge in [-0.1, -0.05) is 35.0 Å². The van der Waals surface area contributed by atoms with Gasteiger partial charge in [-0.3, -0.25) is 0 Å². The molecule has 5 nitrogen and oxygen atoms in total. The average Bonchev–Trinajstić information content (AvgIpc) is 2.88. The number of tetrazole rings is 1. The second kappa shape index (κ2) is 5.09. The van der Waals surface area contributed by atoms with E-state index in [4.69, 9.17) is 0 Å². The summed E-state index contributed by atoms with van der Waals surface area (Å²) < 4.78 is 0. The number of rotatable bonds is 4. The van der Waals surface area contributed by atoms with Crippen molar-refractivity contribution in [3.63, 3.8) is 0 Å². The number of hydrogen-bond donors (Lipinski definition) is 2. The topological polar surface area (TPSA) is 66.5 Å². The van der Waals surface area contributed by atoms with Crippen LogP contribution < -0.4 is 5.32 Å².